The Labute approximate surface area is 190 Å². The molecule has 7 heteroatoms. The Morgan fingerprint density at radius 1 is 0.967 bits per heavy atom. The van der Waals surface area contributed by atoms with E-state index in [-0.39, 0.29) is 0 Å². The lowest BCUT2D eigenvalue weighted by Gasteiger charge is -2.21. The van der Waals surface area contributed by atoms with E-state index in [1.54, 1.807) is 0 Å². The van der Waals surface area contributed by atoms with Crippen LogP contribution < -0.4 is 0 Å². The maximum atomic E-state index is 6.52. The van der Waals surface area contributed by atoms with Gasteiger partial charge in [0.05, 0.1) is 17.2 Å². The Kier molecular flexibility index (Phi) is 5.85. The van der Waals surface area contributed by atoms with Crippen LogP contribution in [0.1, 0.15) is 54.9 Å². The SMILES string of the molecule is Clc1ccc2c(c1)C(c1ccccc1Cl)=NCc1nnc(CSC3CCCCC3)n1-2. The van der Waals surface area contributed by atoms with Crippen molar-refractivity contribution in [1.82, 2.24) is 14.8 Å². The van der Waals surface area contributed by atoms with E-state index in [0.717, 1.165) is 45.2 Å². The third-order valence-corrected chi connectivity index (χ3v) is 7.69. The predicted molar refractivity (Wildman–Crippen MR) is 125 cm³/mol. The molecule has 0 unspecified atom stereocenters. The first kappa shape index (κ1) is 20.1. The van der Waals surface area contributed by atoms with Crippen LogP contribution in [0.5, 0.6) is 0 Å². The maximum absolute atomic E-state index is 6.52. The van der Waals surface area contributed by atoms with Gasteiger partial charge >= 0.3 is 0 Å². The summed E-state index contributed by atoms with van der Waals surface area (Å²) in [5.41, 5.74) is 3.71. The second-order valence-corrected chi connectivity index (χ2v) is 9.88. The van der Waals surface area contributed by atoms with Crippen LogP contribution in [0.3, 0.4) is 0 Å². The number of fused-ring (bicyclic) bond motifs is 3. The van der Waals surface area contributed by atoms with Gasteiger partial charge in [-0.2, -0.15) is 11.8 Å². The third-order valence-electron chi connectivity index (χ3n) is 5.76. The van der Waals surface area contributed by atoms with Gasteiger partial charge in [-0.05, 0) is 37.1 Å². The van der Waals surface area contributed by atoms with Gasteiger partial charge < -0.3 is 0 Å². The molecule has 0 radical (unpaired) electrons. The number of hydrogen-bond donors (Lipinski definition) is 0. The topological polar surface area (TPSA) is 43.1 Å². The molecule has 0 bridgehead atoms. The Morgan fingerprint density at radius 2 is 1.80 bits per heavy atom. The van der Waals surface area contributed by atoms with Gasteiger partial charge in [-0.25, -0.2) is 0 Å². The minimum atomic E-state index is 0.452. The molecule has 0 N–H and O–H groups in total. The monoisotopic (exact) mass is 456 g/mol. The number of aromatic nitrogens is 3. The van der Waals surface area contributed by atoms with E-state index >= 15 is 0 Å². The molecular formula is C23H22Cl2N4S. The van der Waals surface area contributed by atoms with Crippen molar-refractivity contribution in [2.45, 2.75) is 49.7 Å². The third kappa shape index (κ3) is 3.91. The van der Waals surface area contributed by atoms with Crippen LogP contribution in [-0.2, 0) is 12.3 Å². The van der Waals surface area contributed by atoms with Crippen LogP contribution in [0.15, 0.2) is 47.5 Å². The van der Waals surface area contributed by atoms with Gasteiger partial charge in [-0.3, -0.25) is 9.56 Å². The number of nitrogens with zero attached hydrogens (tertiary/aromatic N) is 4. The first-order chi connectivity index (χ1) is 14.7. The zero-order valence-corrected chi connectivity index (χ0v) is 18.8. The molecule has 0 amide bonds. The van der Waals surface area contributed by atoms with Gasteiger partial charge in [-0.15, -0.1) is 10.2 Å². The van der Waals surface area contributed by atoms with E-state index in [9.17, 15) is 0 Å². The minimum Gasteiger partial charge on any atom is -0.280 e. The fourth-order valence-corrected chi connectivity index (χ4v) is 5.90. The smallest absolute Gasteiger partial charge is 0.159 e. The van der Waals surface area contributed by atoms with Crippen LogP contribution >= 0.6 is 35.0 Å². The van der Waals surface area contributed by atoms with Crippen LogP contribution in [0.4, 0.5) is 0 Å². The van der Waals surface area contributed by atoms with Crippen molar-refractivity contribution in [3.8, 4) is 5.69 Å². The molecule has 2 aliphatic rings. The molecule has 1 saturated carbocycles. The molecule has 0 spiro atoms. The van der Waals surface area contributed by atoms with Crippen molar-refractivity contribution in [3.63, 3.8) is 0 Å². The van der Waals surface area contributed by atoms with Crippen LogP contribution in [0.2, 0.25) is 10.0 Å². The van der Waals surface area contributed by atoms with E-state index in [1.165, 1.54) is 32.1 Å². The molecule has 2 heterocycles. The van der Waals surface area contributed by atoms with Gasteiger partial charge in [0.15, 0.2) is 5.82 Å². The van der Waals surface area contributed by atoms with E-state index in [1.807, 2.05) is 54.2 Å². The lowest BCUT2D eigenvalue weighted by molar-refractivity contribution is 0.516. The summed E-state index contributed by atoms with van der Waals surface area (Å²) >= 11 is 14.9. The number of thioether (sulfide) groups is 1. The summed E-state index contributed by atoms with van der Waals surface area (Å²) in [5, 5.41) is 11.1. The minimum absolute atomic E-state index is 0.452. The van der Waals surface area contributed by atoms with Crippen molar-refractivity contribution < 1.29 is 0 Å². The van der Waals surface area contributed by atoms with Gasteiger partial charge in [0.2, 0.25) is 0 Å². The lowest BCUT2D eigenvalue weighted by Crippen LogP contribution is -2.12. The van der Waals surface area contributed by atoms with Crippen molar-refractivity contribution >= 4 is 40.7 Å². The highest BCUT2D eigenvalue weighted by molar-refractivity contribution is 7.99. The Morgan fingerprint density at radius 3 is 2.63 bits per heavy atom. The van der Waals surface area contributed by atoms with Crippen molar-refractivity contribution in [3.05, 3.63) is 75.3 Å². The van der Waals surface area contributed by atoms with Crippen LogP contribution in [0, 0.1) is 0 Å². The highest BCUT2D eigenvalue weighted by Gasteiger charge is 2.25. The molecule has 3 aromatic rings. The quantitative estimate of drug-likeness (QED) is 0.450. The Bertz CT molecular complexity index is 1100. The van der Waals surface area contributed by atoms with Gasteiger partial charge in [0.25, 0.3) is 0 Å². The molecule has 0 saturated heterocycles. The van der Waals surface area contributed by atoms with E-state index in [0.29, 0.717) is 16.6 Å². The molecule has 4 nitrogen and oxygen atoms in total. The number of halogens is 2. The lowest BCUT2D eigenvalue weighted by atomic mass is 10.0. The predicted octanol–water partition coefficient (Wildman–Crippen LogP) is 6.49. The van der Waals surface area contributed by atoms with E-state index in [2.05, 4.69) is 14.8 Å². The molecular weight excluding hydrogens is 435 g/mol. The Balaban J connectivity index is 1.55. The first-order valence-corrected chi connectivity index (χ1v) is 12.2. The molecule has 2 aromatic carbocycles. The number of benzene rings is 2. The summed E-state index contributed by atoms with van der Waals surface area (Å²) in [7, 11) is 0. The zero-order chi connectivity index (χ0) is 20.5. The fraction of sp³-hybridized carbons (Fsp3) is 0.348. The summed E-state index contributed by atoms with van der Waals surface area (Å²) in [6.07, 6.45) is 6.65. The normalized spacial score (nSPS) is 16.5. The van der Waals surface area contributed by atoms with Gasteiger partial charge in [-0.1, -0.05) is 60.7 Å². The highest BCUT2D eigenvalue weighted by Crippen LogP contribution is 2.33. The molecule has 5 rings (SSSR count). The first-order valence-electron chi connectivity index (χ1n) is 10.3. The van der Waals surface area contributed by atoms with Crippen molar-refractivity contribution in [1.29, 1.82) is 0 Å². The molecule has 154 valence electrons. The summed E-state index contributed by atoms with van der Waals surface area (Å²) < 4.78 is 2.16. The summed E-state index contributed by atoms with van der Waals surface area (Å²) in [4.78, 5) is 4.88. The second-order valence-electron chi connectivity index (χ2n) is 7.75. The number of rotatable bonds is 4. The fourth-order valence-electron chi connectivity index (χ4n) is 4.26. The zero-order valence-electron chi connectivity index (χ0n) is 16.5. The van der Waals surface area contributed by atoms with Crippen molar-refractivity contribution in [2.75, 3.05) is 0 Å². The summed E-state index contributed by atoms with van der Waals surface area (Å²) in [6, 6.07) is 13.7. The summed E-state index contributed by atoms with van der Waals surface area (Å²) in [6.45, 7) is 0.452. The maximum Gasteiger partial charge on any atom is 0.159 e. The largest absolute Gasteiger partial charge is 0.280 e. The van der Waals surface area contributed by atoms with Crippen LogP contribution in [-0.4, -0.2) is 25.7 Å². The molecule has 1 aromatic heterocycles. The number of hydrogen-bond acceptors (Lipinski definition) is 4. The van der Waals surface area contributed by atoms with Crippen LogP contribution in [0.25, 0.3) is 5.69 Å². The average Bonchev–Trinajstić information content (AvgIpc) is 3.10. The molecule has 1 aliphatic heterocycles. The molecule has 0 atom stereocenters. The standard InChI is InChI=1S/C23H22Cl2N4S/c24-15-10-11-20-18(12-15)23(17-8-4-5-9-19(17)25)26-13-21-27-28-22(29(20)21)14-30-16-6-2-1-3-7-16/h4-5,8-12,16H,1-3,6-7,13-14H2. The summed E-state index contributed by atoms with van der Waals surface area (Å²) in [5.74, 6) is 2.67. The molecule has 30 heavy (non-hydrogen) atoms. The van der Waals surface area contributed by atoms with Gasteiger partial charge in [0.1, 0.15) is 12.4 Å². The highest BCUT2D eigenvalue weighted by atomic mass is 35.5. The van der Waals surface area contributed by atoms with E-state index in [4.69, 9.17) is 28.2 Å². The van der Waals surface area contributed by atoms with E-state index < -0.39 is 0 Å². The second kappa shape index (κ2) is 8.74. The van der Waals surface area contributed by atoms with Gasteiger partial charge in [0, 0.05) is 26.4 Å². The molecule has 1 aliphatic carbocycles. The molecule has 1 fully saturated rings. The Hall–Kier alpha value is -1.82. The van der Waals surface area contributed by atoms with Crippen molar-refractivity contribution in [2.24, 2.45) is 4.99 Å². The average molecular weight is 457 g/mol. The number of aliphatic imine (C=N–C) groups is 1.